The van der Waals surface area contributed by atoms with Crippen LogP contribution in [-0.4, -0.2) is 23.5 Å². The zero-order valence-electron chi connectivity index (χ0n) is 10.6. The summed E-state index contributed by atoms with van der Waals surface area (Å²) in [6, 6.07) is 5.33. The molecule has 0 aliphatic rings. The quantitative estimate of drug-likeness (QED) is 0.569. The Kier molecular flexibility index (Phi) is 5.84. The van der Waals surface area contributed by atoms with Crippen LogP contribution in [0.4, 0.5) is 0 Å². The number of hydrogen-bond acceptors (Lipinski definition) is 5. The lowest BCUT2D eigenvalue weighted by atomic mass is 10.1. The Labute approximate surface area is 106 Å². The van der Waals surface area contributed by atoms with Crippen molar-refractivity contribution >= 4 is 11.9 Å². The number of carbonyl (C=O) groups is 2. The molecule has 0 saturated heterocycles. The van der Waals surface area contributed by atoms with E-state index < -0.39 is 17.9 Å². The summed E-state index contributed by atoms with van der Waals surface area (Å²) in [5, 5.41) is 0. The van der Waals surface area contributed by atoms with Crippen LogP contribution >= 0.6 is 0 Å². The second-order valence-electron chi connectivity index (χ2n) is 3.64. The Morgan fingerprint density at radius 1 is 1.22 bits per heavy atom. The summed E-state index contributed by atoms with van der Waals surface area (Å²) >= 11 is 0. The predicted molar refractivity (Wildman–Crippen MR) is 64.4 cm³/mol. The molecule has 0 radical (unpaired) electrons. The molecule has 0 spiro atoms. The van der Waals surface area contributed by atoms with E-state index in [9.17, 15) is 9.59 Å². The van der Waals surface area contributed by atoms with Gasteiger partial charge in [0.2, 0.25) is 0 Å². The molecule has 5 nitrogen and oxygen atoms in total. The number of pyridine rings is 1. The van der Waals surface area contributed by atoms with E-state index in [2.05, 4.69) is 4.98 Å². The summed E-state index contributed by atoms with van der Waals surface area (Å²) in [7, 11) is 0. The first-order valence-electron chi connectivity index (χ1n) is 5.92. The minimum absolute atomic E-state index is 0.0651. The van der Waals surface area contributed by atoms with Gasteiger partial charge in [-0.1, -0.05) is 13.0 Å². The Hall–Kier alpha value is -1.91. The van der Waals surface area contributed by atoms with Crippen LogP contribution in [0.15, 0.2) is 24.4 Å². The molecule has 1 unspecified atom stereocenters. The van der Waals surface area contributed by atoms with Crippen molar-refractivity contribution in [2.24, 2.45) is 5.92 Å². The van der Waals surface area contributed by atoms with Crippen LogP contribution in [0.5, 0.6) is 0 Å². The third kappa shape index (κ3) is 4.16. The standard InChI is InChI=1S/C13H17NO4/c1-3-11(12(15)17-4-2)13(16)18-9-10-7-5-6-8-14-10/h5-8,11H,3-4,9H2,1-2H3. The van der Waals surface area contributed by atoms with Gasteiger partial charge in [-0.2, -0.15) is 0 Å². The molecular weight excluding hydrogens is 234 g/mol. The average Bonchev–Trinajstić information content (AvgIpc) is 2.39. The van der Waals surface area contributed by atoms with Gasteiger partial charge in [0, 0.05) is 6.20 Å². The van der Waals surface area contributed by atoms with Crippen LogP contribution in [0.1, 0.15) is 26.0 Å². The van der Waals surface area contributed by atoms with Crippen molar-refractivity contribution in [1.29, 1.82) is 0 Å². The number of nitrogens with zero attached hydrogens (tertiary/aromatic N) is 1. The number of carbonyl (C=O) groups excluding carboxylic acids is 2. The first kappa shape index (κ1) is 14.2. The monoisotopic (exact) mass is 251 g/mol. The molecule has 1 rings (SSSR count). The van der Waals surface area contributed by atoms with E-state index in [-0.39, 0.29) is 13.2 Å². The molecule has 18 heavy (non-hydrogen) atoms. The average molecular weight is 251 g/mol. The van der Waals surface area contributed by atoms with Gasteiger partial charge >= 0.3 is 11.9 Å². The van der Waals surface area contributed by atoms with E-state index in [4.69, 9.17) is 9.47 Å². The molecule has 0 aliphatic heterocycles. The molecule has 1 atom stereocenters. The third-order valence-corrected chi connectivity index (χ3v) is 2.35. The molecule has 0 bridgehead atoms. The molecule has 0 N–H and O–H groups in total. The zero-order chi connectivity index (χ0) is 13.4. The fourth-order valence-corrected chi connectivity index (χ4v) is 1.40. The van der Waals surface area contributed by atoms with E-state index in [1.165, 1.54) is 0 Å². The summed E-state index contributed by atoms with van der Waals surface area (Å²) in [5.74, 6) is -1.96. The minimum atomic E-state index is -0.853. The minimum Gasteiger partial charge on any atom is -0.465 e. The highest BCUT2D eigenvalue weighted by Gasteiger charge is 2.27. The summed E-state index contributed by atoms with van der Waals surface area (Å²) in [6.07, 6.45) is 1.98. The van der Waals surface area contributed by atoms with Gasteiger partial charge in [0.15, 0.2) is 5.92 Å². The molecule has 0 fully saturated rings. The first-order chi connectivity index (χ1) is 8.69. The van der Waals surface area contributed by atoms with E-state index in [0.717, 1.165) is 0 Å². The van der Waals surface area contributed by atoms with Gasteiger partial charge in [-0.25, -0.2) is 0 Å². The van der Waals surface area contributed by atoms with Crippen molar-refractivity contribution in [2.75, 3.05) is 6.61 Å². The highest BCUT2D eigenvalue weighted by atomic mass is 16.6. The Bertz CT molecular complexity index is 391. The van der Waals surface area contributed by atoms with Crippen LogP contribution in [-0.2, 0) is 25.7 Å². The van der Waals surface area contributed by atoms with Gasteiger partial charge in [-0.05, 0) is 25.5 Å². The van der Waals surface area contributed by atoms with Gasteiger partial charge in [0.1, 0.15) is 6.61 Å². The lowest BCUT2D eigenvalue weighted by Gasteiger charge is -2.12. The maximum Gasteiger partial charge on any atom is 0.320 e. The Morgan fingerprint density at radius 3 is 2.50 bits per heavy atom. The zero-order valence-corrected chi connectivity index (χ0v) is 10.6. The van der Waals surface area contributed by atoms with Crippen LogP contribution < -0.4 is 0 Å². The van der Waals surface area contributed by atoms with E-state index >= 15 is 0 Å². The van der Waals surface area contributed by atoms with Crippen molar-refractivity contribution in [3.63, 3.8) is 0 Å². The second kappa shape index (κ2) is 7.42. The fraction of sp³-hybridized carbons (Fsp3) is 0.462. The highest BCUT2D eigenvalue weighted by molar-refractivity contribution is 5.94. The van der Waals surface area contributed by atoms with Crippen LogP contribution in [0.25, 0.3) is 0 Å². The lowest BCUT2D eigenvalue weighted by Crippen LogP contribution is -2.27. The number of rotatable bonds is 6. The summed E-state index contributed by atoms with van der Waals surface area (Å²) in [5.41, 5.74) is 0.643. The van der Waals surface area contributed by atoms with Crippen molar-refractivity contribution in [3.05, 3.63) is 30.1 Å². The lowest BCUT2D eigenvalue weighted by molar-refractivity contribution is -0.162. The van der Waals surface area contributed by atoms with Crippen molar-refractivity contribution in [2.45, 2.75) is 26.9 Å². The Morgan fingerprint density at radius 2 is 1.94 bits per heavy atom. The van der Waals surface area contributed by atoms with E-state index in [0.29, 0.717) is 12.1 Å². The number of hydrogen-bond donors (Lipinski definition) is 0. The summed E-state index contributed by atoms with van der Waals surface area (Å²) in [6.45, 7) is 3.76. The second-order valence-corrected chi connectivity index (χ2v) is 3.64. The highest BCUT2D eigenvalue weighted by Crippen LogP contribution is 2.09. The van der Waals surface area contributed by atoms with Crippen LogP contribution in [0.3, 0.4) is 0 Å². The largest absolute Gasteiger partial charge is 0.465 e. The summed E-state index contributed by atoms with van der Waals surface area (Å²) < 4.78 is 9.86. The van der Waals surface area contributed by atoms with E-state index in [1.807, 2.05) is 0 Å². The first-order valence-corrected chi connectivity index (χ1v) is 5.92. The molecule has 0 aromatic carbocycles. The van der Waals surface area contributed by atoms with Gasteiger partial charge in [-0.3, -0.25) is 14.6 Å². The van der Waals surface area contributed by atoms with Crippen LogP contribution in [0.2, 0.25) is 0 Å². The summed E-state index contributed by atoms with van der Waals surface area (Å²) in [4.78, 5) is 27.2. The number of aromatic nitrogens is 1. The molecular formula is C13H17NO4. The number of esters is 2. The molecule has 0 amide bonds. The molecule has 1 aromatic rings. The number of ether oxygens (including phenoxy) is 2. The molecule has 0 aliphatic carbocycles. The van der Waals surface area contributed by atoms with Gasteiger partial charge in [-0.15, -0.1) is 0 Å². The normalized spacial score (nSPS) is 11.7. The maximum absolute atomic E-state index is 11.7. The molecule has 0 saturated carbocycles. The molecule has 5 heteroatoms. The van der Waals surface area contributed by atoms with Gasteiger partial charge in [0.25, 0.3) is 0 Å². The fourth-order valence-electron chi connectivity index (χ4n) is 1.40. The van der Waals surface area contributed by atoms with Crippen molar-refractivity contribution in [1.82, 2.24) is 4.98 Å². The molecule has 1 aromatic heterocycles. The molecule has 98 valence electrons. The Balaban J connectivity index is 2.50. The third-order valence-electron chi connectivity index (χ3n) is 2.35. The predicted octanol–water partition coefficient (Wildman–Crippen LogP) is 1.71. The smallest absolute Gasteiger partial charge is 0.320 e. The van der Waals surface area contributed by atoms with E-state index in [1.54, 1.807) is 38.2 Å². The van der Waals surface area contributed by atoms with Gasteiger partial charge < -0.3 is 9.47 Å². The molecule has 1 heterocycles. The van der Waals surface area contributed by atoms with Crippen molar-refractivity contribution < 1.29 is 19.1 Å². The topological polar surface area (TPSA) is 65.5 Å². The van der Waals surface area contributed by atoms with Crippen molar-refractivity contribution in [3.8, 4) is 0 Å². The van der Waals surface area contributed by atoms with Gasteiger partial charge in [0.05, 0.1) is 12.3 Å². The van der Waals surface area contributed by atoms with Crippen LogP contribution in [0, 0.1) is 5.92 Å². The maximum atomic E-state index is 11.7. The SMILES string of the molecule is CCOC(=O)C(CC)C(=O)OCc1ccccn1.